The van der Waals surface area contributed by atoms with Crippen LogP contribution in [0.3, 0.4) is 0 Å². The molecule has 0 heterocycles. The van der Waals surface area contributed by atoms with Crippen LogP contribution < -0.4 is 0 Å². The normalized spacial score (nSPS) is 37.1. The number of unbranched alkanes of at least 4 members (excludes halogenated alkanes) is 2. The standard InChI is InChI=1S/C14H26/c1-2-3-4-6-12-9-10-13-7-5-8-14(13)11-12/h12-14H,2-11H2,1H3. The zero-order chi connectivity index (χ0) is 9.80. The van der Waals surface area contributed by atoms with Gasteiger partial charge in [-0.25, -0.2) is 0 Å². The molecule has 14 heavy (non-hydrogen) atoms. The van der Waals surface area contributed by atoms with Gasteiger partial charge in [-0.15, -0.1) is 0 Å². The second kappa shape index (κ2) is 5.19. The van der Waals surface area contributed by atoms with Crippen molar-refractivity contribution < 1.29 is 0 Å². The molecule has 82 valence electrons. The van der Waals surface area contributed by atoms with Crippen LogP contribution in [-0.2, 0) is 0 Å². The second-order valence-corrected chi connectivity index (χ2v) is 5.63. The molecule has 0 amide bonds. The Morgan fingerprint density at radius 1 is 0.929 bits per heavy atom. The summed E-state index contributed by atoms with van der Waals surface area (Å²) in [6.45, 7) is 2.31. The summed E-state index contributed by atoms with van der Waals surface area (Å²) in [7, 11) is 0. The molecule has 0 aromatic rings. The first-order valence-corrected chi connectivity index (χ1v) is 6.90. The molecule has 2 rings (SSSR count). The van der Waals surface area contributed by atoms with E-state index in [1.807, 2.05) is 0 Å². The Bertz CT molecular complexity index is 161. The summed E-state index contributed by atoms with van der Waals surface area (Å²) >= 11 is 0. The van der Waals surface area contributed by atoms with E-state index in [0.29, 0.717) is 0 Å². The van der Waals surface area contributed by atoms with Crippen LogP contribution in [0.25, 0.3) is 0 Å². The Kier molecular flexibility index (Phi) is 3.89. The van der Waals surface area contributed by atoms with Gasteiger partial charge in [0.05, 0.1) is 0 Å². The highest BCUT2D eigenvalue weighted by Gasteiger charge is 2.33. The first kappa shape index (κ1) is 10.5. The predicted molar refractivity (Wildman–Crippen MR) is 62.3 cm³/mol. The van der Waals surface area contributed by atoms with Gasteiger partial charge in [-0.2, -0.15) is 0 Å². The van der Waals surface area contributed by atoms with Crippen LogP contribution in [0.1, 0.15) is 71.1 Å². The third-order valence-electron chi connectivity index (χ3n) is 4.61. The summed E-state index contributed by atoms with van der Waals surface area (Å²) in [5.74, 6) is 3.41. The van der Waals surface area contributed by atoms with E-state index in [4.69, 9.17) is 0 Å². The molecular formula is C14H26. The average Bonchev–Trinajstić information content (AvgIpc) is 2.65. The topological polar surface area (TPSA) is 0 Å². The van der Waals surface area contributed by atoms with Gasteiger partial charge in [0.1, 0.15) is 0 Å². The van der Waals surface area contributed by atoms with Crippen LogP contribution in [0.15, 0.2) is 0 Å². The van der Waals surface area contributed by atoms with Crippen LogP contribution in [0, 0.1) is 17.8 Å². The van der Waals surface area contributed by atoms with Gasteiger partial charge < -0.3 is 0 Å². The van der Waals surface area contributed by atoms with Gasteiger partial charge in [-0.1, -0.05) is 58.3 Å². The molecule has 0 aromatic heterocycles. The van der Waals surface area contributed by atoms with Crippen LogP contribution in [0.5, 0.6) is 0 Å². The van der Waals surface area contributed by atoms with Gasteiger partial charge in [0.2, 0.25) is 0 Å². The van der Waals surface area contributed by atoms with Crippen molar-refractivity contribution in [3.63, 3.8) is 0 Å². The van der Waals surface area contributed by atoms with E-state index in [1.165, 1.54) is 32.1 Å². The van der Waals surface area contributed by atoms with Crippen LogP contribution in [0.2, 0.25) is 0 Å². The largest absolute Gasteiger partial charge is 0.0654 e. The Balaban J connectivity index is 1.69. The molecule has 0 bridgehead atoms. The second-order valence-electron chi connectivity index (χ2n) is 5.63. The highest BCUT2D eigenvalue weighted by Crippen LogP contribution is 2.45. The van der Waals surface area contributed by atoms with Gasteiger partial charge in [0.15, 0.2) is 0 Å². The van der Waals surface area contributed by atoms with Crippen molar-refractivity contribution >= 4 is 0 Å². The maximum Gasteiger partial charge on any atom is -0.0383 e. The van der Waals surface area contributed by atoms with Crippen molar-refractivity contribution in [2.75, 3.05) is 0 Å². The van der Waals surface area contributed by atoms with E-state index in [9.17, 15) is 0 Å². The number of rotatable bonds is 4. The molecule has 0 radical (unpaired) electrons. The summed E-state index contributed by atoms with van der Waals surface area (Å²) in [6.07, 6.45) is 15.3. The molecule has 2 aliphatic rings. The summed E-state index contributed by atoms with van der Waals surface area (Å²) in [5, 5.41) is 0. The van der Waals surface area contributed by atoms with Crippen molar-refractivity contribution in [2.24, 2.45) is 17.8 Å². The molecule has 0 heteroatoms. The Morgan fingerprint density at radius 3 is 2.64 bits per heavy atom. The fourth-order valence-electron chi connectivity index (χ4n) is 3.74. The summed E-state index contributed by atoms with van der Waals surface area (Å²) in [5.41, 5.74) is 0. The fraction of sp³-hybridized carbons (Fsp3) is 1.00. The molecular weight excluding hydrogens is 168 g/mol. The molecule has 3 unspecified atom stereocenters. The van der Waals surface area contributed by atoms with Gasteiger partial charge >= 0.3 is 0 Å². The van der Waals surface area contributed by atoms with Gasteiger partial charge in [0.25, 0.3) is 0 Å². The van der Waals surface area contributed by atoms with Crippen molar-refractivity contribution in [3.8, 4) is 0 Å². The van der Waals surface area contributed by atoms with Crippen molar-refractivity contribution in [3.05, 3.63) is 0 Å². The highest BCUT2D eigenvalue weighted by molar-refractivity contribution is 4.84. The molecule has 2 saturated carbocycles. The average molecular weight is 194 g/mol. The molecule has 0 N–H and O–H groups in total. The monoisotopic (exact) mass is 194 g/mol. The zero-order valence-corrected chi connectivity index (χ0v) is 9.80. The lowest BCUT2D eigenvalue weighted by Crippen LogP contribution is -2.20. The van der Waals surface area contributed by atoms with E-state index < -0.39 is 0 Å². The quantitative estimate of drug-likeness (QED) is 0.565. The Morgan fingerprint density at radius 2 is 1.79 bits per heavy atom. The summed E-state index contributed by atoms with van der Waals surface area (Å²) < 4.78 is 0. The number of fused-ring (bicyclic) bond motifs is 1. The minimum atomic E-state index is 1.11. The molecule has 3 atom stereocenters. The molecule has 2 fully saturated rings. The van der Waals surface area contributed by atoms with E-state index in [0.717, 1.165) is 17.8 Å². The maximum absolute atomic E-state index is 2.31. The van der Waals surface area contributed by atoms with E-state index >= 15 is 0 Å². The van der Waals surface area contributed by atoms with Gasteiger partial charge in [0, 0.05) is 0 Å². The number of hydrogen-bond donors (Lipinski definition) is 0. The van der Waals surface area contributed by atoms with Crippen molar-refractivity contribution in [1.82, 2.24) is 0 Å². The molecule has 0 saturated heterocycles. The third kappa shape index (κ3) is 2.52. The van der Waals surface area contributed by atoms with Gasteiger partial charge in [-0.3, -0.25) is 0 Å². The van der Waals surface area contributed by atoms with E-state index in [-0.39, 0.29) is 0 Å². The van der Waals surface area contributed by atoms with Gasteiger partial charge in [-0.05, 0) is 30.6 Å². The van der Waals surface area contributed by atoms with Crippen molar-refractivity contribution in [2.45, 2.75) is 71.1 Å². The lowest BCUT2D eigenvalue weighted by Gasteiger charge is -2.31. The molecule has 0 aliphatic heterocycles. The number of hydrogen-bond acceptors (Lipinski definition) is 0. The van der Waals surface area contributed by atoms with Crippen molar-refractivity contribution in [1.29, 1.82) is 0 Å². The van der Waals surface area contributed by atoms with Crippen LogP contribution >= 0.6 is 0 Å². The fourth-order valence-corrected chi connectivity index (χ4v) is 3.74. The lowest BCUT2D eigenvalue weighted by atomic mass is 9.74. The molecule has 0 aromatic carbocycles. The van der Waals surface area contributed by atoms with E-state index in [2.05, 4.69) is 6.92 Å². The van der Waals surface area contributed by atoms with Crippen LogP contribution in [-0.4, -0.2) is 0 Å². The molecule has 2 aliphatic carbocycles. The summed E-state index contributed by atoms with van der Waals surface area (Å²) in [4.78, 5) is 0. The Labute approximate surface area is 89.5 Å². The van der Waals surface area contributed by atoms with E-state index in [1.54, 1.807) is 32.1 Å². The predicted octanol–water partition coefficient (Wildman–Crippen LogP) is 4.78. The zero-order valence-electron chi connectivity index (χ0n) is 9.80. The molecule has 0 spiro atoms. The lowest BCUT2D eigenvalue weighted by molar-refractivity contribution is 0.197. The SMILES string of the molecule is CCCCCC1CCC2CCCC2C1. The minimum Gasteiger partial charge on any atom is -0.0654 e. The third-order valence-corrected chi connectivity index (χ3v) is 4.61. The Hall–Kier alpha value is 0. The minimum absolute atomic E-state index is 1.11. The smallest absolute Gasteiger partial charge is 0.0383 e. The first-order chi connectivity index (χ1) is 6.90. The highest BCUT2D eigenvalue weighted by atomic mass is 14.4. The maximum atomic E-state index is 2.31. The molecule has 0 nitrogen and oxygen atoms in total. The van der Waals surface area contributed by atoms with Crippen LogP contribution in [0.4, 0.5) is 0 Å². The first-order valence-electron chi connectivity index (χ1n) is 6.90. The summed E-state index contributed by atoms with van der Waals surface area (Å²) in [6, 6.07) is 0.